The second-order valence-electron chi connectivity index (χ2n) is 6.06. The monoisotopic (exact) mass is 434 g/mol. The molecule has 0 aromatic heterocycles. The Morgan fingerprint density at radius 3 is 2.15 bits per heavy atom. The lowest BCUT2D eigenvalue weighted by Gasteiger charge is -2.12. The maximum atomic E-state index is 11.8. The number of rotatable bonds is 7. The highest BCUT2D eigenvalue weighted by Crippen LogP contribution is 2.26. The molecule has 0 spiro atoms. The predicted molar refractivity (Wildman–Crippen MR) is 107 cm³/mol. The number of carbonyl (C=O) groups is 2. The molecule has 2 amide bonds. The first-order valence-corrected chi connectivity index (χ1v) is 9.37. The number of halogens is 1. The highest BCUT2D eigenvalue weighted by molar-refractivity contribution is 9.10. The molecule has 0 saturated carbocycles. The fourth-order valence-corrected chi connectivity index (χ4v) is 2.78. The third-order valence-corrected chi connectivity index (χ3v) is 4.43. The van der Waals surface area contributed by atoms with Crippen LogP contribution in [0.4, 0.5) is 0 Å². The van der Waals surface area contributed by atoms with Crippen LogP contribution in [-0.4, -0.2) is 25.0 Å². The van der Waals surface area contributed by atoms with E-state index in [1.165, 1.54) is 0 Å². The molecule has 0 bridgehead atoms. The van der Waals surface area contributed by atoms with Gasteiger partial charge in [-0.25, -0.2) is 0 Å². The van der Waals surface area contributed by atoms with Crippen molar-refractivity contribution in [1.82, 2.24) is 10.9 Å². The summed E-state index contributed by atoms with van der Waals surface area (Å²) in [5, 5.41) is 0. The van der Waals surface area contributed by atoms with Crippen molar-refractivity contribution in [2.75, 3.05) is 13.2 Å². The van der Waals surface area contributed by atoms with E-state index in [2.05, 4.69) is 33.7 Å². The predicted octanol–water partition coefficient (Wildman–Crippen LogP) is 3.23. The van der Waals surface area contributed by atoms with Crippen molar-refractivity contribution in [3.05, 3.63) is 57.6 Å². The zero-order valence-electron chi connectivity index (χ0n) is 15.6. The lowest BCUT2D eigenvalue weighted by Crippen LogP contribution is -2.45. The maximum Gasteiger partial charge on any atom is 0.276 e. The van der Waals surface area contributed by atoms with Crippen molar-refractivity contribution in [3.63, 3.8) is 0 Å². The van der Waals surface area contributed by atoms with Crippen LogP contribution in [0.1, 0.15) is 23.6 Å². The molecule has 2 rings (SSSR count). The Hall–Kier alpha value is -2.54. The van der Waals surface area contributed by atoms with E-state index < -0.39 is 11.8 Å². The maximum absolute atomic E-state index is 11.8. The first-order chi connectivity index (χ1) is 12.9. The van der Waals surface area contributed by atoms with Crippen molar-refractivity contribution in [1.29, 1.82) is 0 Å². The van der Waals surface area contributed by atoms with E-state index >= 15 is 0 Å². The number of amides is 2. The molecule has 0 aliphatic heterocycles. The van der Waals surface area contributed by atoms with Gasteiger partial charge in [0.1, 0.15) is 11.5 Å². The molecule has 0 heterocycles. The Kier molecular flexibility index (Phi) is 7.67. The van der Waals surface area contributed by atoms with Gasteiger partial charge in [0.25, 0.3) is 11.8 Å². The average molecular weight is 435 g/mol. The lowest BCUT2D eigenvalue weighted by molar-refractivity contribution is -0.131. The Labute approximate surface area is 167 Å². The second-order valence-corrected chi connectivity index (χ2v) is 6.92. The Morgan fingerprint density at radius 2 is 1.56 bits per heavy atom. The highest BCUT2D eigenvalue weighted by atomic mass is 79.9. The van der Waals surface area contributed by atoms with Crippen LogP contribution in [0.3, 0.4) is 0 Å². The summed E-state index contributed by atoms with van der Waals surface area (Å²) in [7, 11) is 0. The minimum atomic E-state index is -0.471. The fourth-order valence-electron chi connectivity index (χ4n) is 2.24. The molecular formula is C20H23BrN2O4. The average Bonchev–Trinajstić information content (AvgIpc) is 2.65. The number of benzene rings is 2. The molecule has 27 heavy (non-hydrogen) atoms. The van der Waals surface area contributed by atoms with Gasteiger partial charge < -0.3 is 9.47 Å². The normalized spacial score (nSPS) is 10.2. The largest absolute Gasteiger partial charge is 0.483 e. The third-order valence-electron chi connectivity index (χ3n) is 3.81. The van der Waals surface area contributed by atoms with E-state index in [1.54, 1.807) is 6.07 Å². The van der Waals surface area contributed by atoms with Gasteiger partial charge in [0.2, 0.25) is 0 Å². The molecule has 0 unspecified atom stereocenters. The molecule has 7 heteroatoms. The summed E-state index contributed by atoms with van der Waals surface area (Å²) >= 11 is 3.41. The van der Waals surface area contributed by atoms with Gasteiger partial charge in [-0.2, -0.15) is 0 Å². The van der Waals surface area contributed by atoms with E-state index in [-0.39, 0.29) is 13.2 Å². The van der Waals surface area contributed by atoms with E-state index in [0.717, 1.165) is 27.6 Å². The number of nitrogens with one attached hydrogen (secondary N) is 2. The molecule has 0 aliphatic carbocycles. The SMILES string of the molecule is CCc1ccc(OCC(=O)NNC(=O)COc2cc(C)ccc2C)c(Br)c1. The topological polar surface area (TPSA) is 76.7 Å². The Balaban J connectivity index is 1.73. The fraction of sp³-hybridized carbons (Fsp3) is 0.300. The number of aryl methyl sites for hydroxylation is 3. The van der Waals surface area contributed by atoms with Gasteiger partial charge >= 0.3 is 0 Å². The molecule has 0 atom stereocenters. The van der Waals surface area contributed by atoms with Crippen LogP contribution in [0.2, 0.25) is 0 Å². The summed E-state index contributed by atoms with van der Waals surface area (Å²) in [5.74, 6) is 0.270. The van der Waals surface area contributed by atoms with Crippen molar-refractivity contribution in [2.45, 2.75) is 27.2 Å². The van der Waals surface area contributed by atoms with Gasteiger partial charge in [-0.1, -0.05) is 25.1 Å². The van der Waals surface area contributed by atoms with Gasteiger partial charge in [-0.3, -0.25) is 20.4 Å². The summed E-state index contributed by atoms with van der Waals surface area (Å²) in [4.78, 5) is 23.6. The standard InChI is InChI=1S/C20H23BrN2O4/c1-4-15-7-8-17(16(21)10-15)26-11-19(24)22-23-20(25)12-27-18-9-13(2)5-6-14(18)3/h5-10H,4,11-12H2,1-3H3,(H,22,24)(H,23,25). The van der Waals surface area contributed by atoms with Crippen LogP contribution in [0.5, 0.6) is 11.5 Å². The van der Waals surface area contributed by atoms with Crippen LogP contribution in [-0.2, 0) is 16.0 Å². The molecule has 0 aliphatic rings. The number of hydrogen-bond donors (Lipinski definition) is 2. The second kappa shape index (κ2) is 9.97. The zero-order valence-corrected chi connectivity index (χ0v) is 17.2. The number of carbonyl (C=O) groups excluding carboxylic acids is 2. The number of hydrazine groups is 1. The van der Waals surface area contributed by atoms with Crippen LogP contribution >= 0.6 is 15.9 Å². The van der Waals surface area contributed by atoms with Crippen LogP contribution < -0.4 is 20.3 Å². The molecule has 0 radical (unpaired) electrons. The van der Waals surface area contributed by atoms with E-state index in [4.69, 9.17) is 9.47 Å². The number of hydrogen-bond acceptors (Lipinski definition) is 4. The molecule has 2 aromatic rings. The molecule has 6 nitrogen and oxygen atoms in total. The zero-order chi connectivity index (χ0) is 19.8. The quantitative estimate of drug-likeness (QED) is 0.655. The molecule has 0 saturated heterocycles. The van der Waals surface area contributed by atoms with Crippen LogP contribution in [0.25, 0.3) is 0 Å². The molecular weight excluding hydrogens is 412 g/mol. The molecule has 2 N–H and O–H groups in total. The van der Waals surface area contributed by atoms with E-state index in [1.807, 2.05) is 44.2 Å². The summed E-state index contributed by atoms with van der Waals surface area (Å²) in [6.07, 6.45) is 0.912. The van der Waals surface area contributed by atoms with Crippen molar-refractivity contribution in [2.24, 2.45) is 0 Å². The van der Waals surface area contributed by atoms with Crippen molar-refractivity contribution < 1.29 is 19.1 Å². The van der Waals surface area contributed by atoms with Crippen LogP contribution in [0.15, 0.2) is 40.9 Å². The minimum absolute atomic E-state index is 0.199. The summed E-state index contributed by atoms with van der Waals surface area (Å²) in [6, 6.07) is 11.4. The van der Waals surface area contributed by atoms with Crippen molar-refractivity contribution >= 4 is 27.7 Å². The summed E-state index contributed by atoms with van der Waals surface area (Å²) < 4.78 is 11.7. The van der Waals surface area contributed by atoms with E-state index in [9.17, 15) is 9.59 Å². The Bertz CT molecular complexity index is 824. The Morgan fingerprint density at radius 1 is 0.926 bits per heavy atom. The number of ether oxygens (including phenoxy) is 2. The highest BCUT2D eigenvalue weighted by Gasteiger charge is 2.09. The first-order valence-electron chi connectivity index (χ1n) is 8.58. The van der Waals surface area contributed by atoms with Crippen LogP contribution in [0, 0.1) is 13.8 Å². The smallest absolute Gasteiger partial charge is 0.276 e. The van der Waals surface area contributed by atoms with Crippen molar-refractivity contribution in [3.8, 4) is 11.5 Å². The summed E-state index contributed by atoms with van der Waals surface area (Å²) in [6.45, 7) is 5.48. The molecule has 0 fully saturated rings. The van der Waals surface area contributed by atoms with Gasteiger partial charge in [-0.15, -0.1) is 0 Å². The molecule has 2 aromatic carbocycles. The third kappa shape index (κ3) is 6.60. The van der Waals surface area contributed by atoms with Gasteiger partial charge in [-0.05, 0) is 71.1 Å². The lowest BCUT2D eigenvalue weighted by atomic mass is 10.1. The van der Waals surface area contributed by atoms with Gasteiger partial charge in [0.15, 0.2) is 13.2 Å². The first kappa shape index (κ1) is 20.8. The van der Waals surface area contributed by atoms with Gasteiger partial charge in [0, 0.05) is 0 Å². The minimum Gasteiger partial charge on any atom is -0.483 e. The van der Waals surface area contributed by atoms with E-state index in [0.29, 0.717) is 11.5 Å². The summed E-state index contributed by atoms with van der Waals surface area (Å²) in [5.41, 5.74) is 7.74. The van der Waals surface area contributed by atoms with Gasteiger partial charge in [0.05, 0.1) is 4.47 Å². The molecule has 144 valence electrons.